The molecule has 3 aromatic rings. The predicted octanol–water partition coefficient (Wildman–Crippen LogP) is 6.56. The number of piperidine rings is 2. The fourth-order valence-electron chi connectivity index (χ4n) is 15.9. The lowest BCUT2D eigenvalue weighted by Crippen LogP contribution is -2.78. The lowest BCUT2D eigenvalue weighted by Gasteiger charge is -2.64. The number of ether oxygens (including phenoxy) is 3. The Morgan fingerprint density at radius 1 is 0.767 bits per heavy atom. The molecule has 1 spiro atoms. The van der Waals surface area contributed by atoms with Crippen LogP contribution in [0.5, 0.6) is 11.5 Å². The quantitative estimate of drug-likeness (QED) is 0.0381. The summed E-state index contributed by atoms with van der Waals surface area (Å²) >= 11 is 0. The Balaban J connectivity index is 0.540. The molecule has 4 aliphatic heterocycles. The van der Waals surface area contributed by atoms with Crippen molar-refractivity contribution >= 4 is 35.2 Å². The van der Waals surface area contributed by atoms with Gasteiger partial charge in [-0.15, -0.1) is 10.2 Å². The van der Waals surface area contributed by atoms with Crippen molar-refractivity contribution in [3.63, 3.8) is 0 Å². The first-order chi connectivity index (χ1) is 41.4. The molecule has 470 valence electrons. The van der Waals surface area contributed by atoms with E-state index in [-0.39, 0.29) is 99.5 Å². The molecule has 1 aromatic heterocycles. The van der Waals surface area contributed by atoms with E-state index in [4.69, 9.17) is 14.2 Å². The number of nitrogens with one attached hydrogen (secondary N) is 5. The van der Waals surface area contributed by atoms with Crippen LogP contribution in [-0.2, 0) is 45.3 Å². The van der Waals surface area contributed by atoms with Crippen LogP contribution >= 0.6 is 0 Å². The number of likely N-dealkylation sites (tertiary alicyclic amines) is 1. The number of alkyl halides is 2. The number of fused-ring (bicyclic) bond motifs is 2. The summed E-state index contributed by atoms with van der Waals surface area (Å²) in [6, 6.07) is 11.2. The van der Waals surface area contributed by atoms with Gasteiger partial charge in [0.25, 0.3) is 0 Å². The number of halogens is 2. The number of rotatable bonds is 28. The molecule has 5 amide bonds. The smallest absolute Gasteiger partial charge is 0.250 e. The van der Waals surface area contributed by atoms with Gasteiger partial charge in [-0.3, -0.25) is 33.8 Å². The summed E-state index contributed by atoms with van der Waals surface area (Å²) in [5.41, 5.74) is 1.60. The van der Waals surface area contributed by atoms with E-state index in [1.807, 2.05) is 25.1 Å². The molecular weight excluding hydrogens is 1110 g/mol. The SMILES string of the molecule is Cc1nnc(C(C)C)n1C1C[C@H]2CC[C@@H](C1)N2CC[C@H](NC(=O)C1CCC(F)(F)CC1)c1ccc(NC(=O)COCC(=O)NCCCCCCCNC(=O)COCC(=O)N[C@@H]2CC[C@@]3(O)[C@H]4Cc5ccc(O)c6c5[C@@]3(CCN4CC3CC3)[C@H]2O6)cc1. The highest BCUT2D eigenvalue weighted by Gasteiger charge is 2.73. The number of unbranched alkanes of at least 4 members (excludes halogenated alkanes) is 4. The van der Waals surface area contributed by atoms with Gasteiger partial charge < -0.3 is 55.6 Å². The number of phenolic OH excluding ortho intramolecular Hbond substituents is 1. The molecule has 9 atom stereocenters. The minimum Gasteiger partial charge on any atom is -0.504 e. The third kappa shape index (κ3) is 13.4. The first-order valence-corrected chi connectivity index (χ1v) is 32.1. The van der Waals surface area contributed by atoms with Gasteiger partial charge in [-0.25, -0.2) is 8.78 Å². The highest BCUT2D eigenvalue weighted by Crippen LogP contribution is 2.65. The Kier molecular flexibility index (Phi) is 19.0. The van der Waals surface area contributed by atoms with Crippen LogP contribution in [0.4, 0.5) is 14.5 Å². The van der Waals surface area contributed by atoms with Crippen molar-refractivity contribution in [3.8, 4) is 11.5 Å². The molecule has 11 rings (SSSR count). The van der Waals surface area contributed by atoms with Gasteiger partial charge in [-0.1, -0.05) is 51.3 Å². The van der Waals surface area contributed by atoms with Gasteiger partial charge in [0.15, 0.2) is 11.5 Å². The Hall–Kier alpha value is -5.81. The van der Waals surface area contributed by atoms with Crippen LogP contribution in [0.2, 0.25) is 0 Å². The maximum atomic E-state index is 14.0. The van der Waals surface area contributed by atoms with E-state index < -0.39 is 40.9 Å². The summed E-state index contributed by atoms with van der Waals surface area (Å²) in [6.45, 7) is 8.66. The molecule has 86 heavy (non-hydrogen) atoms. The summed E-state index contributed by atoms with van der Waals surface area (Å²) < 4.78 is 47.9. The van der Waals surface area contributed by atoms with Crippen molar-refractivity contribution in [2.75, 3.05) is 64.5 Å². The van der Waals surface area contributed by atoms with Crippen molar-refractivity contribution < 1.29 is 57.2 Å². The number of hydrogen-bond donors (Lipinski definition) is 7. The first kappa shape index (κ1) is 61.8. The van der Waals surface area contributed by atoms with E-state index >= 15 is 0 Å². The number of anilines is 1. The molecule has 6 fully saturated rings. The number of carbonyl (C=O) groups excluding carboxylic acids is 5. The number of amides is 5. The summed E-state index contributed by atoms with van der Waals surface area (Å²) in [4.78, 5) is 69.9. The lowest BCUT2D eigenvalue weighted by molar-refractivity contribution is -0.192. The predicted molar refractivity (Wildman–Crippen MR) is 316 cm³/mol. The van der Waals surface area contributed by atoms with Crippen molar-refractivity contribution in [1.82, 2.24) is 45.8 Å². The second-order valence-corrected chi connectivity index (χ2v) is 26.5. The maximum absolute atomic E-state index is 14.0. The summed E-state index contributed by atoms with van der Waals surface area (Å²) in [7, 11) is 0. The Bertz CT molecular complexity index is 2900. The number of aromatic nitrogens is 3. The molecule has 3 saturated carbocycles. The summed E-state index contributed by atoms with van der Waals surface area (Å²) in [5, 5.41) is 47.3. The van der Waals surface area contributed by atoms with Crippen molar-refractivity contribution in [2.24, 2.45) is 11.8 Å². The third-order valence-corrected chi connectivity index (χ3v) is 20.4. The van der Waals surface area contributed by atoms with Crippen LogP contribution in [0.3, 0.4) is 0 Å². The van der Waals surface area contributed by atoms with Crippen molar-refractivity contribution in [3.05, 3.63) is 64.7 Å². The number of benzene rings is 2. The fraction of sp³-hybridized carbons (Fsp3) is 0.703. The van der Waals surface area contributed by atoms with E-state index in [2.05, 4.69) is 65.0 Å². The van der Waals surface area contributed by atoms with Gasteiger partial charge in [0, 0.05) is 86.3 Å². The van der Waals surface area contributed by atoms with Crippen molar-refractivity contribution in [2.45, 2.75) is 214 Å². The number of phenols is 1. The van der Waals surface area contributed by atoms with Crippen LogP contribution in [0, 0.1) is 18.8 Å². The van der Waals surface area contributed by atoms with E-state index in [0.717, 1.165) is 106 Å². The molecule has 20 nitrogen and oxygen atoms in total. The van der Waals surface area contributed by atoms with Gasteiger partial charge in [-0.05, 0) is 145 Å². The zero-order valence-corrected chi connectivity index (χ0v) is 50.4. The average molecular weight is 1200 g/mol. The molecule has 0 radical (unpaired) electrons. The van der Waals surface area contributed by atoms with Crippen LogP contribution in [-0.4, -0.2) is 165 Å². The fourth-order valence-corrected chi connectivity index (χ4v) is 15.9. The summed E-state index contributed by atoms with van der Waals surface area (Å²) in [6.07, 6.45) is 13.1. The Labute approximate surface area is 503 Å². The van der Waals surface area contributed by atoms with Gasteiger partial charge in [-0.2, -0.15) is 0 Å². The van der Waals surface area contributed by atoms with Gasteiger partial charge in [0.05, 0.1) is 23.1 Å². The molecule has 5 heterocycles. The molecule has 4 aliphatic carbocycles. The van der Waals surface area contributed by atoms with Gasteiger partial charge in [0.1, 0.15) is 44.2 Å². The maximum Gasteiger partial charge on any atom is 0.250 e. The lowest BCUT2D eigenvalue weighted by atomic mass is 9.48. The highest BCUT2D eigenvalue weighted by atomic mass is 19.3. The first-order valence-electron chi connectivity index (χ1n) is 32.1. The average Bonchev–Trinajstić information content (AvgIpc) is 1.38. The molecule has 2 aromatic carbocycles. The van der Waals surface area contributed by atoms with Crippen LogP contribution in [0.15, 0.2) is 36.4 Å². The van der Waals surface area contributed by atoms with Crippen LogP contribution in [0.1, 0.15) is 182 Å². The second-order valence-electron chi connectivity index (χ2n) is 26.5. The van der Waals surface area contributed by atoms with E-state index in [1.54, 1.807) is 18.2 Å². The van der Waals surface area contributed by atoms with Crippen molar-refractivity contribution in [1.29, 1.82) is 0 Å². The van der Waals surface area contributed by atoms with Gasteiger partial charge >= 0.3 is 0 Å². The minimum atomic E-state index is -2.73. The second kappa shape index (κ2) is 26.5. The number of aryl methyl sites for hydroxylation is 1. The zero-order chi connectivity index (χ0) is 60.3. The van der Waals surface area contributed by atoms with Crippen LogP contribution in [0.25, 0.3) is 0 Å². The number of carbonyl (C=O) groups is 5. The normalized spacial score (nSPS) is 27.7. The molecular formula is C64H90F2N10O10. The molecule has 3 saturated heterocycles. The van der Waals surface area contributed by atoms with Gasteiger partial charge in [0.2, 0.25) is 35.5 Å². The topological polar surface area (TPSA) is 251 Å². The highest BCUT2D eigenvalue weighted by molar-refractivity contribution is 5.92. The number of aromatic hydroxyl groups is 1. The molecule has 1 unspecified atom stereocenters. The minimum absolute atomic E-state index is 0.0522. The zero-order valence-electron chi connectivity index (χ0n) is 50.4. The van der Waals surface area contributed by atoms with Crippen LogP contribution < -0.4 is 31.3 Å². The Morgan fingerprint density at radius 3 is 2.08 bits per heavy atom. The molecule has 8 aliphatic rings. The molecule has 7 N–H and O–H groups in total. The van der Waals surface area contributed by atoms with E-state index in [0.29, 0.717) is 80.7 Å². The van der Waals surface area contributed by atoms with E-state index in [9.17, 15) is 43.0 Å². The molecule has 22 heteroatoms. The van der Waals surface area contributed by atoms with E-state index in [1.165, 1.54) is 12.8 Å². The molecule has 4 bridgehead atoms. The number of nitrogens with zero attached hydrogens (tertiary/aromatic N) is 5. The number of hydrogen-bond acceptors (Lipinski definition) is 14. The summed E-state index contributed by atoms with van der Waals surface area (Å²) in [5.74, 6) is -1.43. The number of aliphatic hydroxyl groups is 1. The third-order valence-electron chi connectivity index (χ3n) is 20.4. The largest absolute Gasteiger partial charge is 0.504 e. The monoisotopic (exact) mass is 1200 g/mol. The standard InChI is InChI=1S/C64H90F2N10O10/c1-39(2)60-73-72-40(3)76(60)48-32-46-16-17-47(33-48)75(46)29-22-49(71-61(82)43-19-23-62(65,66)24-20-43)42-11-14-45(15-12-42)69-55(80)37-84-35-53(78)67-27-7-5-4-6-8-28-68-54(79)36-85-38-56(81)70-50-21-25-64(83)52-31-44-13-18-51(77)58-57(44)63(64,59(50)86-58)26-30-74(52)34-41-9-10-41/h11-15,18,39,41,43,46-50,52,59,77,83H,4-10,16-17,19-38H2,1-3H3,(H,67,78)(H,68,79)(H,69,80)(H,70,81)(H,71,82)/t46-,47+,48?,49-,50+,52+,59-,63-,64+/m0/s1. The Morgan fingerprint density at radius 2 is 1.42 bits per heavy atom.